The van der Waals surface area contributed by atoms with Crippen LogP contribution in [0.5, 0.6) is 0 Å². The number of carbonyl (C=O) groups excluding carboxylic acids is 1. The summed E-state index contributed by atoms with van der Waals surface area (Å²) in [6, 6.07) is 0.510. The summed E-state index contributed by atoms with van der Waals surface area (Å²) in [6.07, 6.45) is 4.05. The molecule has 0 aromatic heterocycles. The minimum atomic E-state index is 0.176. The molecule has 2 rings (SSSR count). The maximum atomic E-state index is 12.2. The van der Waals surface area contributed by atoms with Crippen molar-refractivity contribution in [3.63, 3.8) is 0 Å². The number of amides is 1. The predicted molar refractivity (Wildman–Crippen MR) is 98.1 cm³/mol. The summed E-state index contributed by atoms with van der Waals surface area (Å²) in [5.41, 5.74) is 0.271. The van der Waals surface area contributed by atoms with Gasteiger partial charge in [-0.15, -0.1) is 0 Å². The number of rotatable bonds is 6. The van der Waals surface area contributed by atoms with Crippen LogP contribution >= 0.6 is 0 Å². The number of carbonyl (C=O) groups is 1. The molecule has 2 aliphatic rings. The van der Waals surface area contributed by atoms with Gasteiger partial charge in [-0.2, -0.15) is 0 Å². The molecule has 1 amide bonds. The quantitative estimate of drug-likeness (QED) is 0.805. The molecule has 0 radical (unpaired) electrons. The second-order valence-electron chi connectivity index (χ2n) is 8.90. The average molecular weight is 340 g/mol. The molecule has 2 saturated heterocycles. The Morgan fingerprint density at radius 3 is 2.50 bits per heavy atom. The minimum absolute atomic E-state index is 0.176. The van der Waals surface area contributed by atoms with Gasteiger partial charge in [0.2, 0.25) is 5.91 Å². The number of ether oxygens (including phenoxy) is 1. The Kier molecular flexibility index (Phi) is 7.08. The summed E-state index contributed by atoms with van der Waals surface area (Å²) in [4.78, 5) is 17.1. The fourth-order valence-corrected chi connectivity index (χ4v) is 3.86. The number of hydrogen-bond donors (Lipinski definition) is 1. The molecule has 3 atom stereocenters. The smallest absolute Gasteiger partial charge is 0.234 e. The van der Waals surface area contributed by atoms with Gasteiger partial charge in [-0.25, -0.2) is 0 Å². The largest absolute Gasteiger partial charge is 0.373 e. The van der Waals surface area contributed by atoms with Crippen LogP contribution in [0.4, 0.5) is 0 Å². The average Bonchev–Trinajstić information content (AvgIpc) is 2.83. The van der Waals surface area contributed by atoms with E-state index in [1.165, 1.54) is 12.8 Å². The van der Waals surface area contributed by atoms with Gasteiger partial charge in [0, 0.05) is 32.2 Å². The maximum absolute atomic E-state index is 12.2. The summed E-state index contributed by atoms with van der Waals surface area (Å²) in [6.45, 7) is 16.4. The molecule has 5 nitrogen and oxygen atoms in total. The van der Waals surface area contributed by atoms with Crippen LogP contribution in [-0.2, 0) is 9.53 Å². The highest BCUT2D eigenvalue weighted by molar-refractivity contribution is 5.78. The summed E-state index contributed by atoms with van der Waals surface area (Å²) in [5.74, 6) is 0.176. The molecule has 2 aliphatic heterocycles. The second kappa shape index (κ2) is 8.63. The molecule has 24 heavy (non-hydrogen) atoms. The zero-order valence-corrected chi connectivity index (χ0v) is 16.3. The van der Waals surface area contributed by atoms with Crippen molar-refractivity contribution in [2.75, 3.05) is 39.3 Å². The van der Waals surface area contributed by atoms with E-state index in [2.05, 4.69) is 49.7 Å². The Morgan fingerprint density at radius 1 is 1.21 bits per heavy atom. The van der Waals surface area contributed by atoms with Gasteiger partial charge >= 0.3 is 0 Å². The maximum Gasteiger partial charge on any atom is 0.234 e. The number of morpholine rings is 1. The van der Waals surface area contributed by atoms with Gasteiger partial charge in [0.1, 0.15) is 0 Å². The van der Waals surface area contributed by atoms with Gasteiger partial charge in [0.25, 0.3) is 0 Å². The van der Waals surface area contributed by atoms with Crippen molar-refractivity contribution in [1.82, 2.24) is 15.1 Å². The lowest BCUT2D eigenvalue weighted by Crippen LogP contribution is -2.51. The number of nitrogens with zero attached hydrogens (tertiary/aromatic N) is 2. The molecule has 0 spiro atoms. The topological polar surface area (TPSA) is 44.8 Å². The van der Waals surface area contributed by atoms with Gasteiger partial charge in [-0.1, -0.05) is 20.8 Å². The number of nitrogens with one attached hydrogen (secondary N) is 1. The van der Waals surface area contributed by atoms with Crippen LogP contribution in [0.25, 0.3) is 0 Å². The van der Waals surface area contributed by atoms with Gasteiger partial charge in [0.15, 0.2) is 0 Å². The van der Waals surface area contributed by atoms with Crippen LogP contribution in [0.2, 0.25) is 0 Å². The van der Waals surface area contributed by atoms with Crippen molar-refractivity contribution in [3.05, 3.63) is 0 Å². The predicted octanol–water partition coefficient (Wildman–Crippen LogP) is 2.11. The van der Waals surface area contributed by atoms with E-state index in [4.69, 9.17) is 4.74 Å². The van der Waals surface area contributed by atoms with E-state index in [9.17, 15) is 4.79 Å². The third-order valence-corrected chi connectivity index (χ3v) is 5.01. The van der Waals surface area contributed by atoms with Crippen molar-refractivity contribution >= 4 is 5.91 Å². The first-order chi connectivity index (χ1) is 11.2. The lowest BCUT2D eigenvalue weighted by atomic mass is 9.92. The zero-order chi connectivity index (χ0) is 17.7. The van der Waals surface area contributed by atoms with Crippen molar-refractivity contribution in [1.29, 1.82) is 0 Å². The second-order valence-corrected chi connectivity index (χ2v) is 8.90. The van der Waals surface area contributed by atoms with Crippen LogP contribution in [-0.4, -0.2) is 73.2 Å². The van der Waals surface area contributed by atoms with Crippen molar-refractivity contribution in [2.45, 2.75) is 72.1 Å². The molecule has 2 fully saturated rings. The highest BCUT2D eigenvalue weighted by atomic mass is 16.5. The Balaban J connectivity index is 1.75. The molecular weight excluding hydrogens is 302 g/mol. The van der Waals surface area contributed by atoms with E-state index >= 15 is 0 Å². The highest BCUT2D eigenvalue weighted by Gasteiger charge is 2.30. The zero-order valence-electron chi connectivity index (χ0n) is 16.3. The summed E-state index contributed by atoms with van der Waals surface area (Å²) in [5, 5.41) is 3.09. The third-order valence-electron chi connectivity index (χ3n) is 5.01. The third kappa shape index (κ3) is 6.69. The Hall–Kier alpha value is -0.650. The SMILES string of the molecule is CC1CN(CC2CCCN2CC(=O)NCCC(C)(C)C)CC(C)O1. The van der Waals surface area contributed by atoms with Gasteiger partial charge < -0.3 is 10.1 Å². The summed E-state index contributed by atoms with van der Waals surface area (Å²) < 4.78 is 5.82. The molecule has 1 N–H and O–H groups in total. The van der Waals surface area contributed by atoms with E-state index in [1.54, 1.807) is 0 Å². The molecule has 140 valence electrons. The van der Waals surface area contributed by atoms with Gasteiger partial charge in [0.05, 0.1) is 18.8 Å². The van der Waals surface area contributed by atoms with Crippen molar-refractivity contribution < 1.29 is 9.53 Å². The Labute approximate surface area is 148 Å². The Bertz CT molecular complexity index is 398. The van der Waals surface area contributed by atoms with Gasteiger partial charge in [-0.3, -0.25) is 14.6 Å². The molecular formula is C19H37N3O2. The molecule has 0 aromatic carbocycles. The van der Waals surface area contributed by atoms with E-state index in [-0.39, 0.29) is 11.3 Å². The van der Waals surface area contributed by atoms with Crippen molar-refractivity contribution in [2.24, 2.45) is 5.41 Å². The fourth-order valence-electron chi connectivity index (χ4n) is 3.86. The van der Waals surface area contributed by atoms with Crippen molar-refractivity contribution in [3.8, 4) is 0 Å². The molecule has 2 heterocycles. The van der Waals surface area contributed by atoms with Gasteiger partial charge in [-0.05, 0) is 45.1 Å². The molecule has 0 bridgehead atoms. The highest BCUT2D eigenvalue weighted by Crippen LogP contribution is 2.20. The summed E-state index contributed by atoms with van der Waals surface area (Å²) in [7, 11) is 0. The number of hydrogen-bond acceptors (Lipinski definition) is 4. The molecule has 0 aliphatic carbocycles. The Morgan fingerprint density at radius 2 is 1.88 bits per heavy atom. The van der Waals surface area contributed by atoms with E-state index in [0.29, 0.717) is 24.8 Å². The van der Waals surface area contributed by atoms with E-state index < -0.39 is 0 Å². The van der Waals surface area contributed by atoms with E-state index in [1.807, 2.05) is 0 Å². The van der Waals surface area contributed by atoms with E-state index in [0.717, 1.165) is 39.1 Å². The molecule has 0 aromatic rings. The molecule has 3 unspecified atom stereocenters. The van der Waals surface area contributed by atoms with Crippen LogP contribution in [0.15, 0.2) is 0 Å². The van der Waals surface area contributed by atoms with Crippen LogP contribution in [0, 0.1) is 5.41 Å². The fraction of sp³-hybridized carbons (Fsp3) is 0.947. The monoisotopic (exact) mass is 339 g/mol. The standard InChI is InChI=1S/C19H37N3O2/c1-15-11-21(12-16(2)24-15)13-17-7-6-10-22(17)14-18(23)20-9-8-19(3,4)5/h15-17H,6-14H2,1-5H3,(H,20,23). The minimum Gasteiger partial charge on any atom is -0.373 e. The molecule has 5 heteroatoms. The first kappa shape index (κ1) is 19.7. The first-order valence-electron chi connectivity index (χ1n) is 9.61. The van der Waals surface area contributed by atoms with Crippen LogP contribution < -0.4 is 5.32 Å². The number of likely N-dealkylation sites (tertiary alicyclic amines) is 1. The van der Waals surface area contributed by atoms with Crippen LogP contribution in [0.1, 0.15) is 53.9 Å². The lowest BCUT2D eigenvalue weighted by Gasteiger charge is -2.38. The first-order valence-corrected chi connectivity index (χ1v) is 9.61. The normalized spacial score (nSPS) is 29.8. The lowest BCUT2D eigenvalue weighted by molar-refractivity contribution is -0.122. The molecule has 0 saturated carbocycles. The summed E-state index contributed by atoms with van der Waals surface area (Å²) >= 11 is 0. The van der Waals surface area contributed by atoms with Crippen LogP contribution in [0.3, 0.4) is 0 Å².